The van der Waals surface area contributed by atoms with E-state index in [2.05, 4.69) is 14.9 Å². The molecule has 0 unspecified atom stereocenters. The molecule has 106 valence electrons. The summed E-state index contributed by atoms with van der Waals surface area (Å²) in [4.78, 5) is 0.170. The number of hydrogen-bond acceptors (Lipinski definition) is 3. The molecule has 2 N–H and O–H groups in total. The third-order valence-electron chi connectivity index (χ3n) is 3.56. The van der Waals surface area contributed by atoms with Gasteiger partial charge in [0.1, 0.15) is 4.90 Å². The molecule has 1 saturated carbocycles. The number of nitrogens with one attached hydrogen (secondary N) is 2. The Morgan fingerprint density at radius 2 is 2.15 bits per heavy atom. The summed E-state index contributed by atoms with van der Waals surface area (Å²) >= 11 is 5.96. The largest absolute Gasteiger partial charge is 0.284 e. The van der Waals surface area contributed by atoms with Gasteiger partial charge in [0.05, 0.1) is 6.20 Å². The first kappa shape index (κ1) is 13.6. The summed E-state index contributed by atoms with van der Waals surface area (Å²) in [5.41, 5.74) is 1.16. The fourth-order valence-electron chi connectivity index (χ4n) is 2.42. The summed E-state index contributed by atoms with van der Waals surface area (Å²) < 4.78 is 26.7. The highest BCUT2D eigenvalue weighted by atomic mass is 35.5. The van der Waals surface area contributed by atoms with E-state index >= 15 is 0 Å². The summed E-state index contributed by atoms with van der Waals surface area (Å²) in [5, 5.41) is 6.87. The van der Waals surface area contributed by atoms with Crippen LogP contribution in [0.25, 0.3) is 0 Å². The van der Waals surface area contributed by atoms with Crippen molar-refractivity contribution in [2.45, 2.75) is 29.7 Å². The van der Waals surface area contributed by atoms with Gasteiger partial charge in [-0.05, 0) is 36.5 Å². The van der Waals surface area contributed by atoms with Crippen LogP contribution in [0, 0.1) is 0 Å². The molecule has 2 aromatic rings. The summed E-state index contributed by atoms with van der Waals surface area (Å²) in [6.45, 7) is 0. The molecule has 1 aromatic carbocycles. The monoisotopic (exact) mass is 311 g/mol. The molecule has 0 spiro atoms. The average molecular weight is 312 g/mol. The lowest BCUT2D eigenvalue weighted by Crippen LogP contribution is -2.43. The van der Waals surface area contributed by atoms with Crippen molar-refractivity contribution in [3.63, 3.8) is 0 Å². The van der Waals surface area contributed by atoms with Gasteiger partial charge in [0.25, 0.3) is 0 Å². The molecule has 3 rings (SSSR count). The van der Waals surface area contributed by atoms with Crippen molar-refractivity contribution in [2.24, 2.45) is 0 Å². The summed E-state index contributed by atoms with van der Waals surface area (Å²) in [6, 6.07) is 7.69. The minimum Gasteiger partial charge on any atom is -0.284 e. The standard InChI is InChI=1S/C13H14ClN3O2S/c14-11-3-1-2-9(4-11)10-5-12(6-10)17-20(18,19)13-7-15-16-8-13/h1-4,7-8,10,12,17H,5-6H2,(H,15,16). The Labute approximate surface area is 122 Å². The Hall–Kier alpha value is -1.37. The van der Waals surface area contributed by atoms with Crippen molar-refractivity contribution >= 4 is 21.6 Å². The molecule has 0 atom stereocenters. The lowest BCUT2D eigenvalue weighted by molar-refractivity contribution is 0.326. The molecule has 0 saturated heterocycles. The lowest BCUT2D eigenvalue weighted by atomic mass is 9.76. The number of halogens is 1. The normalized spacial score (nSPS) is 22.4. The van der Waals surface area contributed by atoms with E-state index in [4.69, 9.17) is 11.6 Å². The fraction of sp³-hybridized carbons (Fsp3) is 0.308. The third-order valence-corrected chi connectivity index (χ3v) is 5.29. The Kier molecular flexibility index (Phi) is 3.54. The maximum absolute atomic E-state index is 12.0. The van der Waals surface area contributed by atoms with Crippen molar-refractivity contribution in [1.29, 1.82) is 0 Å². The van der Waals surface area contributed by atoms with Crippen LogP contribution >= 0.6 is 11.6 Å². The molecule has 1 aliphatic rings. The van der Waals surface area contributed by atoms with E-state index in [1.54, 1.807) is 0 Å². The molecule has 1 heterocycles. The molecule has 0 radical (unpaired) electrons. The number of aromatic nitrogens is 2. The number of nitrogens with zero attached hydrogens (tertiary/aromatic N) is 1. The Morgan fingerprint density at radius 1 is 1.35 bits per heavy atom. The third kappa shape index (κ3) is 2.72. The smallest absolute Gasteiger partial charge is 0.243 e. The predicted octanol–water partition coefficient (Wildman–Crippen LogP) is 2.29. The van der Waals surface area contributed by atoms with Gasteiger partial charge < -0.3 is 0 Å². The van der Waals surface area contributed by atoms with Crippen LogP contribution in [-0.4, -0.2) is 24.7 Å². The van der Waals surface area contributed by atoms with Crippen LogP contribution in [0.5, 0.6) is 0 Å². The van der Waals surface area contributed by atoms with Gasteiger partial charge in [-0.1, -0.05) is 23.7 Å². The van der Waals surface area contributed by atoms with E-state index in [1.165, 1.54) is 12.4 Å². The molecular formula is C13H14ClN3O2S. The first-order valence-corrected chi connectivity index (χ1v) is 8.17. The zero-order chi connectivity index (χ0) is 14.2. The minimum absolute atomic E-state index is 0.0288. The van der Waals surface area contributed by atoms with E-state index < -0.39 is 10.0 Å². The van der Waals surface area contributed by atoms with Gasteiger partial charge in [-0.3, -0.25) is 5.10 Å². The number of hydrogen-bond donors (Lipinski definition) is 2. The number of benzene rings is 1. The lowest BCUT2D eigenvalue weighted by Gasteiger charge is -2.35. The number of rotatable bonds is 4. The van der Waals surface area contributed by atoms with Crippen molar-refractivity contribution in [3.05, 3.63) is 47.2 Å². The highest BCUT2D eigenvalue weighted by Crippen LogP contribution is 2.38. The molecular weight excluding hydrogens is 298 g/mol. The molecule has 5 nitrogen and oxygen atoms in total. The van der Waals surface area contributed by atoms with Crippen molar-refractivity contribution < 1.29 is 8.42 Å². The number of aromatic amines is 1. The predicted molar refractivity (Wildman–Crippen MR) is 76.1 cm³/mol. The minimum atomic E-state index is -3.46. The molecule has 1 aliphatic carbocycles. The SMILES string of the molecule is O=S(=O)(NC1CC(c2cccc(Cl)c2)C1)c1cn[nH]c1. The second-order valence-electron chi connectivity index (χ2n) is 4.98. The van der Waals surface area contributed by atoms with E-state index in [-0.39, 0.29) is 10.9 Å². The zero-order valence-electron chi connectivity index (χ0n) is 10.6. The Morgan fingerprint density at radius 3 is 2.80 bits per heavy atom. The second-order valence-corrected chi connectivity index (χ2v) is 7.13. The van der Waals surface area contributed by atoms with E-state index in [9.17, 15) is 8.42 Å². The van der Waals surface area contributed by atoms with E-state index in [1.807, 2.05) is 24.3 Å². The van der Waals surface area contributed by atoms with E-state index in [0.29, 0.717) is 10.9 Å². The van der Waals surface area contributed by atoms with Crippen LogP contribution in [-0.2, 0) is 10.0 Å². The highest BCUT2D eigenvalue weighted by Gasteiger charge is 2.33. The van der Waals surface area contributed by atoms with Gasteiger partial charge in [-0.25, -0.2) is 13.1 Å². The van der Waals surface area contributed by atoms with Gasteiger partial charge in [0.15, 0.2) is 0 Å². The van der Waals surface area contributed by atoms with Crippen LogP contribution in [0.15, 0.2) is 41.6 Å². The summed E-state index contributed by atoms with van der Waals surface area (Å²) in [7, 11) is -3.46. The average Bonchev–Trinajstić information content (AvgIpc) is 2.87. The summed E-state index contributed by atoms with van der Waals surface area (Å²) in [5.74, 6) is 0.366. The van der Waals surface area contributed by atoms with E-state index in [0.717, 1.165) is 18.4 Å². The zero-order valence-corrected chi connectivity index (χ0v) is 12.2. The van der Waals surface area contributed by atoms with Crippen LogP contribution in [0.1, 0.15) is 24.3 Å². The van der Waals surface area contributed by atoms with Crippen molar-refractivity contribution in [2.75, 3.05) is 0 Å². The van der Waals surface area contributed by atoms with Gasteiger partial charge in [0.2, 0.25) is 10.0 Å². The fourth-order valence-corrected chi connectivity index (χ4v) is 3.79. The molecule has 0 bridgehead atoms. The first-order valence-electron chi connectivity index (χ1n) is 6.31. The van der Waals surface area contributed by atoms with Crippen LogP contribution in [0.4, 0.5) is 0 Å². The van der Waals surface area contributed by atoms with Gasteiger partial charge in [-0.2, -0.15) is 5.10 Å². The Balaban J connectivity index is 1.61. The molecule has 20 heavy (non-hydrogen) atoms. The van der Waals surface area contributed by atoms with Gasteiger partial charge >= 0.3 is 0 Å². The quantitative estimate of drug-likeness (QED) is 0.909. The second kappa shape index (κ2) is 5.20. The molecule has 0 aliphatic heterocycles. The van der Waals surface area contributed by atoms with Crippen LogP contribution in [0.3, 0.4) is 0 Å². The molecule has 1 aromatic heterocycles. The summed E-state index contributed by atoms with van der Waals surface area (Å²) in [6.07, 6.45) is 4.25. The number of H-pyrrole nitrogens is 1. The van der Waals surface area contributed by atoms with Crippen LogP contribution < -0.4 is 4.72 Å². The maximum atomic E-state index is 12.0. The maximum Gasteiger partial charge on any atom is 0.243 e. The number of sulfonamides is 1. The van der Waals surface area contributed by atoms with Crippen LogP contribution in [0.2, 0.25) is 5.02 Å². The molecule has 7 heteroatoms. The molecule has 1 fully saturated rings. The highest BCUT2D eigenvalue weighted by molar-refractivity contribution is 7.89. The van der Waals surface area contributed by atoms with Gasteiger partial charge in [0, 0.05) is 17.3 Å². The van der Waals surface area contributed by atoms with Gasteiger partial charge in [-0.15, -0.1) is 0 Å². The topological polar surface area (TPSA) is 74.8 Å². The first-order chi connectivity index (χ1) is 9.54. The van der Waals surface area contributed by atoms with Crippen molar-refractivity contribution in [1.82, 2.24) is 14.9 Å². The molecule has 0 amide bonds. The van der Waals surface area contributed by atoms with Crippen molar-refractivity contribution in [3.8, 4) is 0 Å². The Bertz CT molecular complexity index is 694.